The van der Waals surface area contributed by atoms with Crippen molar-refractivity contribution in [3.63, 3.8) is 0 Å². The minimum absolute atomic E-state index is 0.0244. The highest BCUT2D eigenvalue weighted by molar-refractivity contribution is 6.11. The summed E-state index contributed by atoms with van der Waals surface area (Å²) >= 11 is 0. The average molecular weight is 858 g/mol. The molecule has 0 amide bonds. The minimum Gasteiger partial charge on any atom is -0.309 e. The van der Waals surface area contributed by atoms with Gasteiger partial charge >= 0.3 is 0 Å². The lowest BCUT2D eigenvalue weighted by Crippen LogP contribution is -2.28. The molecule has 1 fully saturated rings. The predicted octanol–water partition coefficient (Wildman–Crippen LogP) is 16.8. The molecular formula is C64H47N3. The molecular weight excluding hydrogens is 811 g/mol. The largest absolute Gasteiger partial charge is 0.309 e. The molecule has 2 aliphatic carbocycles. The van der Waals surface area contributed by atoms with Crippen molar-refractivity contribution in [2.75, 3.05) is 0 Å². The zero-order valence-electron chi connectivity index (χ0n) is 37.2. The van der Waals surface area contributed by atoms with Crippen LogP contribution < -0.4 is 0 Å². The van der Waals surface area contributed by atoms with Gasteiger partial charge in [-0.1, -0.05) is 195 Å². The van der Waals surface area contributed by atoms with Gasteiger partial charge in [-0.15, -0.1) is 0 Å². The molecule has 9 aromatic carbocycles. The van der Waals surface area contributed by atoms with Crippen LogP contribution in [0.2, 0.25) is 0 Å². The SMILES string of the molecule is c1ccc(-c2ccc(-c3nc(-c4ccccc4)cc(-c4cccc(-c5ccc6c(c5)C5(CCCCC5)c5cc7c8ccccc8n(-c8cccc(-c9ccccc9)c8)c7cc5-6)c4)n3)cc2)cc1. The Morgan fingerprint density at radius 1 is 0.328 bits per heavy atom. The van der Waals surface area contributed by atoms with Crippen LogP contribution in [0.4, 0.5) is 0 Å². The van der Waals surface area contributed by atoms with Crippen LogP contribution in [0, 0.1) is 0 Å². The van der Waals surface area contributed by atoms with E-state index in [1.165, 1.54) is 102 Å². The standard InChI is InChI=1S/C64H47N3/c1-5-17-43(18-6-1)45-29-31-47(32-30-45)63-65-59(46-21-9-3-10-22-46)42-60(66-63)51-25-15-23-48(37-51)50-33-34-53-55-41-62-56(40-58(55)64(57(53)39-50)35-13-4-14-36-64)54-27-11-12-28-61(54)67(62)52-26-16-24-49(38-52)44-19-7-2-8-20-44/h1-3,5-12,15-34,37-42H,4,13-14,35-36H2. The summed E-state index contributed by atoms with van der Waals surface area (Å²) < 4.78 is 2.49. The van der Waals surface area contributed by atoms with Crippen molar-refractivity contribution in [2.24, 2.45) is 0 Å². The van der Waals surface area contributed by atoms with Gasteiger partial charge in [0, 0.05) is 38.6 Å². The van der Waals surface area contributed by atoms with Crippen LogP contribution in [0.15, 0.2) is 224 Å². The lowest BCUT2D eigenvalue weighted by Gasteiger charge is -2.36. The zero-order valence-corrected chi connectivity index (χ0v) is 37.2. The Kier molecular flexibility index (Phi) is 9.42. The Hall–Kier alpha value is -8.14. The van der Waals surface area contributed by atoms with E-state index < -0.39 is 0 Å². The molecule has 67 heavy (non-hydrogen) atoms. The third-order valence-electron chi connectivity index (χ3n) is 14.6. The zero-order chi connectivity index (χ0) is 44.3. The van der Waals surface area contributed by atoms with Crippen LogP contribution in [0.25, 0.3) is 106 Å². The highest BCUT2D eigenvalue weighted by atomic mass is 15.0. The van der Waals surface area contributed by atoms with Crippen molar-refractivity contribution >= 4 is 21.8 Å². The van der Waals surface area contributed by atoms with Gasteiger partial charge in [-0.25, -0.2) is 9.97 Å². The molecule has 0 atom stereocenters. The van der Waals surface area contributed by atoms with Crippen LogP contribution in [0.1, 0.15) is 43.2 Å². The molecule has 1 saturated carbocycles. The summed E-state index contributed by atoms with van der Waals surface area (Å²) in [5.41, 5.74) is 21.6. The summed E-state index contributed by atoms with van der Waals surface area (Å²) in [6, 6.07) is 81.8. The van der Waals surface area contributed by atoms with Gasteiger partial charge in [0.25, 0.3) is 0 Å². The maximum absolute atomic E-state index is 5.27. The number of fused-ring (bicyclic) bond motifs is 8. The molecule has 13 rings (SSSR count). The van der Waals surface area contributed by atoms with E-state index in [1.807, 2.05) is 0 Å². The van der Waals surface area contributed by atoms with E-state index in [0.717, 1.165) is 40.9 Å². The van der Waals surface area contributed by atoms with E-state index in [4.69, 9.17) is 9.97 Å². The highest BCUT2D eigenvalue weighted by Crippen LogP contribution is 2.58. The van der Waals surface area contributed by atoms with Gasteiger partial charge in [-0.2, -0.15) is 0 Å². The van der Waals surface area contributed by atoms with E-state index in [2.05, 4.69) is 229 Å². The lowest BCUT2D eigenvalue weighted by atomic mass is 9.67. The monoisotopic (exact) mass is 857 g/mol. The second-order valence-electron chi connectivity index (χ2n) is 18.4. The molecule has 0 aliphatic heterocycles. The normalized spacial score (nSPS) is 13.8. The van der Waals surface area contributed by atoms with Crippen molar-refractivity contribution in [3.8, 4) is 84.1 Å². The Balaban J connectivity index is 0.922. The molecule has 3 heteroatoms. The average Bonchev–Trinajstić information content (AvgIpc) is 3.87. The second kappa shape index (κ2) is 16.1. The van der Waals surface area contributed by atoms with Crippen molar-refractivity contribution in [2.45, 2.75) is 37.5 Å². The van der Waals surface area contributed by atoms with E-state index in [1.54, 1.807) is 0 Å². The second-order valence-corrected chi connectivity index (χ2v) is 18.4. The third-order valence-corrected chi connectivity index (χ3v) is 14.6. The molecule has 2 heterocycles. The topological polar surface area (TPSA) is 30.7 Å². The number of hydrogen-bond donors (Lipinski definition) is 0. The van der Waals surface area contributed by atoms with Gasteiger partial charge in [-0.05, 0) is 117 Å². The van der Waals surface area contributed by atoms with Crippen LogP contribution in [0.3, 0.4) is 0 Å². The van der Waals surface area contributed by atoms with Crippen molar-refractivity contribution < 1.29 is 0 Å². The van der Waals surface area contributed by atoms with Crippen LogP contribution in [-0.4, -0.2) is 14.5 Å². The number of para-hydroxylation sites is 1. The molecule has 2 aromatic heterocycles. The fraction of sp³-hybridized carbons (Fsp3) is 0.0938. The summed E-state index contributed by atoms with van der Waals surface area (Å²) in [6.07, 6.45) is 6.09. The lowest BCUT2D eigenvalue weighted by molar-refractivity contribution is 0.353. The molecule has 0 N–H and O–H groups in total. The Morgan fingerprint density at radius 2 is 0.866 bits per heavy atom. The van der Waals surface area contributed by atoms with Crippen molar-refractivity contribution in [3.05, 3.63) is 236 Å². The maximum atomic E-state index is 5.27. The van der Waals surface area contributed by atoms with Gasteiger partial charge in [0.2, 0.25) is 0 Å². The van der Waals surface area contributed by atoms with E-state index in [9.17, 15) is 0 Å². The van der Waals surface area contributed by atoms with Crippen LogP contribution >= 0.6 is 0 Å². The molecule has 0 unspecified atom stereocenters. The van der Waals surface area contributed by atoms with Crippen LogP contribution in [0.5, 0.6) is 0 Å². The quantitative estimate of drug-likeness (QED) is 0.160. The maximum Gasteiger partial charge on any atom is 0.160 e. The summed E-state index contributed by atoms with van der Waals surface area (Å²) in [5, 5.41) is 2.63. The highest BCUT2D eigenvalue weighted by Gasteiger charge is 2.44. The van der Waals surface area contributed by atoms with Gasteiger partial charge in [-0.3, -0.25) is 0 Å². The molecule has 2 aliphatic rings. The first kappa shape index (κ1) is 39.2. The first-order valence-corrected chi connectivity index (χ1v) is 23.8. The van der Waals surface area contributed by atoms with E-state index in [-0.39, 0.29) is 5.41 Å². The smallest absolute Gasteiger partial charge is 0.160 e. The first-order valence-electron chi connectivity index (χ1n) is 23.8. The molecule has 0 radical (unpaired) electrons. The van der Waals surface area contributed by atoms with Gasteiger partial charge < -0.3 is 4.57 Å². The van der Waals surface area contributed by atoms with Gasteiger partial charge in [0.15, 0.2) is 5.82 Å². The fourth-order valence-electron chi connectivity index (χ4n) is 11.3. The van der Waals surface area contributed by atoms with Crippen molar-refractivity contribution in [1.29, 1.82) is 0 Å². The Bertz CT molecular complexity index is 3640. The van der Waals surface area contributed by atoms with E-state index in [0.29, 0.717) is 5.82 Å². The number of benzene rings is 9. The summed E-state index contributed by atoms with van der Waals surface area (Å²) in [7, 11) is 0. The molecule has 1 spiro atoms. The molecule has 318 valence electrons. The van der Waals surface area contributed by atoms with Gasteiger partial charge in [0.05, 0.1) is 22.4 Å². The Morgan fingerprint density at radius 3 is 1.61 bits per heavy atom. The number of aromatic nitrogens is 3. The number of nitrogens with zero attached hydrogens (tertiary/aromatic N) is 3. The summed E-state index contributed by atoms with van der Waals surface area (Å²) in [5.74, 6) is 0.716. The number of rotatable bonds is 7. The number of hydrogen-bond acceptors (Lipinski definition) is 2. The predicted molar refractivity (Wildman–Crippen MR) is 278 cm³/mol. The molecule has 0 bridgehead atoms. The minimum atomic E-state index is -0.0244. The van der Waals surface area contributed by atoms with Gasteiger partial charge in [0.1, 0.15) is 0 Å². The molecule has 3 nitrogen and oxygen atoms in total. The third kappa shape index (κ3) is 6.72. The van der Waals surface area contributed by atoms with Crippen molar-refractivity contribution in [1.82, 2.24) is 14.5 Å². The van der Waals surface area contributed by atoms with Crippen LogP contribution in [-0.2, 0) is 5.41 Å². The Labute approximate surface area is 391 Å². The summed E-state index contributed by atoms with van der Waals surface area (Å²) in [6.45, 7) is 0. The first-order chi connectivity index (χ1) is 33.2. The van der Waals surface area contributed by atoms with E-state index >= 15 is 0 Å². The summed E-state index contributed by atoms with van der Waals surface area (Å²) in [4.78, 5) is 10.4. The molecule has 0 saturated heterocycles. The molecule has 11 aromatic rings. The fourth-order valence-corrected chi connectivity index (χ4v) is 11.3.